The molecule has 0 spiro atoms. The van der Waals surface area contributed by atoms with Gasteiger partial charge in [0.2, 0.25) is 0 Å². The average Bonchev–Trinajstić information content (AvgIpc) is 2.42. The van der Waals surface area contributed by atoms with Gasteiger partial charge in [-0.2, -0.15) is 0 Å². The molecule has 0 saturated heterocycles. The van der Waals surface area contributed by atoms with Gasteiger partial charge in [-0.3, -0.25) is 0 Å². The Morgan fingerprint density at radius 2 is 1.85 bits per heavy atom. The molecule has 0 aliphatic carbocycles. The lowest BCUT2D eigenvalue weighted by Gasteiger charge is -2.21. The van der Waals surface area contributed by atoms with E-state index in [1.54, 1.807) is 0 Å². The smallest absolute Gasteiger partial charge is 0.169 e. The molecule has 2 aromatic rings. The Morgan fingerprint density at radius 1 is 1.15 bits per heavy atom. The lowest BCUT2D eigenvalue weighted by Crippen LogP contribution is -3.00. The second-order valence-electron chi connectivity index (χ2n) is 4.67. The van der Waals surface area contributed by atoms with Crippen LogP contribution in [-0.2, 0) is 6.54 Å². The number of aryl methyl sites for hydroxylation is 1. The van der Waals surface area contributed by atoms with E-state index in [1.807, 2.05) is 18.2 Å². The maximum Gasteiger partial charge on any atom is 0.169 e. The quantitative estimate of drug-likeness (QED) is 0.728. The highest BCUT2D eigenvalue weighted by Gasteiger charge is 2.07. The predicted octanol–water partition coefficient (Wildman–Crippen LogP) is 0.466. The van der Waals surface area contributed by atoms with E-state index in [-0.39, 0.29) is 12.4 Å². The van der Waals surface area contributed by atoms with Gasteiger partial charge >= 0.3 is 0 Å². The van der Waals surface area contributed by atoms with Crippen LogP contribution in [0.5, 0.6) is 0 Å². The van der Waals surface area contributed by atoms with E-state index in [1.165, 1.54) is 11.3 Å². The highest BCUT2D eigenvalue weighted by molar-refractivity contribution is 6.30. The lowest BCUT2D eigenvalue weighted by atomic mass is 10.3. The van der Waals surface area contributed by atoms with Crippen molar-refractivity contribution in [2.45, 2.75) is 20.4 Å². The molecule has 20 heavy (non-hydrogen) atoms. The van der Waals surface area contributed by atoms with Gasteiger partial charge in [-0.25, -0.2) is 4.57 Å². The number of hydrogen-bond donors (Lipinski definition) is 0. The van der Waals surface area contributed by atoms with Crippen LogP contribution in [0.4, 0.5) is 5.69 Å². The number of hydrogen-bond acceptors (Lipinski definition) is 1. The summed E-state index contributed by atoms with van der Waals surface area (Å²) < 4.78 is 2.21. The Bertz CT molecular complexity index is 526. The molecule has 2 nitrogen and oxygen atoms in total. The summed E-state index contributed by atoms with van der Waals surface area (Å²) in [6.07, 6.45) is 4.25. The molecular weight excluding hydrogens is 291 g/mol. The first-order chi connectivity index (χ1) is 9.19. The summed E-state index contributed by atoms with van der Waals surface area (Å²) in [4.78, 5) is 2.33. The van der Waals surface area contributed by atoms with Crippen molar-refractivity contribution in [1.82, 2.24) is 0 Å². The molecule has 108 valence electrons. The maximum atomic E-state index is 6.05. The maximum absolute atomic E-state index is 6.05. The molecule has 4 heteroatoms. The Kier molecular flexibility index (Phi) is 6.83. The number of rotatable bonds is 5. The molecule has 0 fully saturated rings. The first-order valence-electron chi connectivity index (χ1n) is 6.65. The van der Waals surface area contributed by atoms with Gasteiger partial charge < -0.3 is 17.3 Å². The largest absolute Gasteiger partial charge is 1.00 e. The second kappa shape index (κ2) is 8.13. The molecular formula is C16H20Cl2N2. The average molecular weight is 311 g/mol. The van der Waals surface area contributed by atoms with Gasteiger partial charge in [-0.05, 0) is 37.6 Å². The van der Waals surface area contributed by atoms with E-state index >= 15 is 0 Å². The molecule has 0 radical (unpaired) electrons. The van der Waals surface area contributed by atoms with Gasteiger partial charge in [-0.1, -0.05) is 17.7 Å². The molecule has 1 aromatic heterocycles. The third-order valence-electron chi connectivity index (χ3n) is 3.24. The molecule has 1 aromatic carbocycles. The van der Waals surface area contributed by atoms with Crippen molar-refractivity contribution >= 4 is 17.3 Å². The topological polar surface area (TPSA) is 7.12 Å². The number of anilines is 1. The molecule has 0 amide bonds. The second-order valence-corrected chi connectivity index (χ2v) is 5.11. The molecule has 1 heterocycles. The van der Waals surface area contributed by atoms with Crippen molar-refractivity contribution in [2.24, 2.45) is 0 Å². The van der Waals surface area contributed by atoms with Crippen LogP contribution in [0.2, 0.25) is 5.02 Å². The Labute approximate surface area is 132 Å². The van der Waals surface area contributed by atoms with E-state index in [9.17, 15) is 0 Å². The molecule has 0 unspecified atom stereocenters. The van der Waals surface area contributed by atoms with Crippen molar-refractivity contribution in [2.75, 3.05) is 18.0 Å². The van der Waals surface area contributed by atoms with Crippen LogP contribution in [0, 0.1) is 6.92 Å². The Balaban J connectivity index is 0.00000200. The van der Waals surface area contributed by atoms with E-state index < -0.39 is 0 Å². The summed E-state index contributed by atoms with van der Waals surface area (Å²) in [6.45, 7) is 7.20. The molecule has 0 bridgehead atoms. The highest BCUT2D eigenvalue weighted by atomic mass is 35.5. The number of benzene rings is 1. The lowest BCUT2D eigenvalue weighted by molar-refractivity contribution is -0.694. The van der Waals surface area contributed by atoms with Crippen LogP contribution in [0.15, 0.2) is 48.8 Å². The zero-order valence-electron chi connectivity index (χ0n) is 11.9. The van der Waals surface area contributed by atoms with Crippen LogP contribution in [0.25, 0.3) is 0 Å². The van der Waals surface area contributed by atoms with Crippen molar-refractivity contribution in [1.29, 1.82) is 0 Å². The molecule has 0 N–H and O–H groups in total. The Morgan fingerprint density at radius 3 is 2.45 bits per heavy atom. The fourth-order valence-corrected chi connectivity index (χ4v) is 2.24. The Hall–Kier alpha value is -1.25. The summed E-state index contributed by atoms with van der Waals surface area (Å²) in [6, 6.07) is 12.3. The van der Waals surface area contributed by atoms with Gasteiger partial charge in [0.25, 0.3) is 0 Å². The van der Waals surface area contributed by atoms with Crippen molar-refractivity contribution in [3.8, 4) is 0 Å². The summed E-state index contributed by atoms with van der Waals surface area (Å²) in [5.74, 6) is 0. The fraction of sp³-hybridized carbons (Fsp3) is 0.312. The minimum Gasteiger partial charge on any atom is -1.00 e. The first-order valence-corrected chi connectivity index (χ1v) is 7.03. The molecule has 0 aliphatic heterocycles. The molecule has 0 aliphatic rings. The van der Waals surface area contributed by atoms with Crippen molar-refractivity contribution < 1.29 is 17.0 Å². The number of halogens is 2. The number of aromatic nitrogens is 1. The third-order valence-corrected chi connectivity index (χ3v) is 3.48. The van der Waals surface area contributed by atoms with Gasteiger partial charge in [0.15, 0.2) is 18.9 Å². The van der Waals surface area contributed by atoms with Crippen molar-refractivity contribution in [3.05, 3.63) is 59.4 Å². The number of pyridine rings is 1. The van der Waals surface area contributed by atoms with Crippen LogP contribution in [0.3, 0.4) is 0 Å². The number of likely N-dealkylation sites (N-methyl/N-ethyl adjacent to an activating group) is 1. The van der Waals surface area contributed by atoms with Crippen LogP contribution >= 0.6 is 11.6 Å². The van der Waals surface area contributed by atoms with Gasteiger partial charge in [-0.15, -0.1) is 0 Å². The van der Waals surface area contributed by atoms with Crippen LogP contribution in [-0.4, -0.2) is 13.1 Å². The minimum absolute atomic E-state index is 0. The SMILES string of the molecule is CCN(CC[n+]1ccc(C)cc1)c1cccc(Cl)c1.[Cl-]. The third kappa shape index (κ3) is 4.69. The van der Waals surface area contributed by atoms with E-state index in [2.05, 4.69) is 53.9 Å². The van der Waals surface area contributed by atoms with E-state index in [0.717, 1.165) is 24.7 Å². The highest BCUT2D eigenvalue weighted by Crippen LogP contribution is 2.18. The standard InChI is InChI=1S/C16H20ClN2.ClH/c1-3-19(16-6-4-5-15(17)13-16)12-11-18-9-7-14(2)8-10-18;/h4-10,13H,3,11-12H2,1-2H3;1H/q+1;/p-1. The van der Waals surface area contributed by atoms with Gasteiger partial charge in [0.1, 0.15) is 0 Å². The summed E-state index contributed by atoms with van der Waals surface area (Å²) in [5, 5.41) is 0.791. The summed E-state index contributed by atoms with van der Waals surface area (Å²) >= 11 is 6.05. The normalized spacial score (nSPS) is 9.95. The molecule has 2 rings (SSSR count). The zero-order valence-corrected chi connectivity index (χ0v) is 13.4. The monoisotopic (exact) mass is 310 g/mol. The summed E-state index contributed by atoms with van der Waals surface area (Å²) in [7, 11) is 0. The van der Waals surface area contributed by atoms with Crippen LogP contribution < -0.4 is 21.9 Å². The van der Waals surface area contributed by atoms with E-state index in [0.29, 0.717) is 0 Å². The number of nitrogens with zero attached hydrogens (tertiary/aromatic N) is 2. The fourth-order valence-electron chi connectivity index (χ4n) is 2.06. The molecule has 0 saturated carbocycles. The van der Waals surface area contributed by atoms with E-state index in [4.69, 9.17) is 11.6 Å². The molecule has 0 atom stereocenters. The van der Waals surface area contributed by atoms with Gasteiger partial charge in [0.05, 0.1) is 6.54 Å². The zero-order chi connectivity index (χ0) is 13.7. The predicted molar refractivity (Wildman–Crippen MR) is 80.7 cm³/mol. The first kappa shape index (κ1) is 16.8. The van der Waals surface area contributed by atoms with Crippen LogP contribution in [0.1, 0.15) is 12.5 Å². The summed E-state index contributed by atoms with van der Waals surface area (Å²) in [5.41, 5.74) is 2.47. The van der Waals surface area contributed by atoms with Gasteiger partial charge in [0, 0.05) is 29.4 Å². The minimum atomic E-state index is 0. The van der Waals surface area contributed by atoms with Crippen molar-refractivity contribution in [3.63, 3.8) is 0 Å².